The maximum Gasteiger partial charge on any atom is 0.266 e. The number of nitrogens with two attached hydrogens (primary N) is 1. The van der Waals surface area contributed by atoms with E-state index < -0.39 is 0 Å². The van der Waals surface area contributed by atoms with Crippen molar-refractivity contribution in [2.24, 2.45) is 5.73 Å². The van der Waals surface area contributed by atoms with Gasteiger partial charge in [0, 0.05) is 6.42 Å². The van der Waals surface area contributed by atoms with Crippen molar-refractivity contribution >= 4 is 22.5 Å². The highest BCUT2D eigenvalue weighted by Crippen LogP contribution is 2.20. The number of fused-ring (bicyclic) bond motifs is 1. The molecule has 0 saturated heterocycles. The molecule has 0 aliphatic heterocycles. The minimum Gasteiger partial charge on any atom is -0.330 e. The van der Waals surface area contributed by atoms with Gasteiger partial charge in [-0.15, -0.1) is 0 Å². The van der Waals surface area contributed by atoms with Gasteiger partial charge in [0.15, 0.2) is 0 Å². The molecule has 0 fully saturated rings. The molecule has 0 radical (unpaired) electrons. The van der Waals surface area contributed by atoms with Crippen molar-refractivity contribution in [3.8, 4) is 5.69 Å². The summed E-state index contributed by atoms with van der Waals surface area (Å²) in [5.74, 6) is 0.620. The van der Waals surface area contributed by atoms with Gasteiger partial charge in [0.05, 0.1) is 21.6 Å². The Morgan fingerprint density at radius 1 is 1.10 bits per heavy atom. The largest absolute Gasteiger partial charge is 0.330 e. The SMILES string of the molecule is NCCc1nc2c(Cl)cccc2c(=O)n1-c1ccccc1. The lowest BCUT2D eigenvalue weighted by Crippen LogP contribution is -2.25. The van der Waals surface area contributed by atoms with Crippen LogP contribution in [0.15, 0.2) is 53.3 Å². The Bertz CT molecular complexity index is 843. The Morgan fingerprint density at radius 2 is 1.86 bits per heavy atom. The molecule has 0 aliphatic carbocycles. The molecule has 0 bridgehead atoms. The van der Waals surface area contributed by atoms with Crippen molar-refractivity contribution < 1.29 is 0 Å². The third-order valence-corrected chi connectivity index (χ3v) is 3.61. The average molecular weight is 300 g/mol. The fourth-order valence-corrected chi connectivity index (χ4v) is 2.58. The summed E-state index contributed by atoms with van der Waals surface area (Å²) in [4.78, 5) is 17.4. The molecule has 1 aromatic heterocycles. The Morgan fingerprint density at radius 3 is 2.57 bits per heavy atom. The van der Waals surface area contributed by atoms with Crippen LogP contribution in [0.2, 0.25) is 5.02 Å². The van der Waals surface area contributed by atoms with Gasteiger partial charge in [0.1, 0.15) is 5.82 Å². The van der Waals surface area contributed by atoms with Crippen LogP contribution < -0.4 is 11.3 Å². The van der Waals surface area contributed by atoms with Crippen molar-refractivity contribution in [2.45, 2.75) is 6.42 Å². The highest BCUT2D eigenvalue weighted by Gasteiger charge is 2.13. The van der Waals surface area contributed by atoms with Crippen LogP contribution in [-0.2, 0) is 6.42 Å². The number of aromatic nitrogens is 2. The maximum absolute atomic E-state index is 12.8. The van der Waals surface area contributed by atoms with E-state index in [1.165, 1.54) is 0 Å². The molecule has 5 heteroatoms. The number of hydrogen-bond donors (Lipinski definition) is 1. The molecular formula is C16H14ClN3O. The molecule has 4 nitrogen and oxygen atoms in total. The fraction of sp³-hybridized carbons (Fsp3) is 0.125. The van der Waals surface area contributed by atoms with Crippen molar-refractivity contribution in [3.63, 3.8) is 0 Å². The third kappa shape index (κ3) is 2.44. The van der Waals surface area contributed by atoms with Crippen LogP contribution in [0.25, 0.3) is 16.6 Å². The van der Waals surface area contributed by atoms with E-state index in [4.69, 9.17) is 17.3 Å². The van der Waals surface area contributed by atoms with E-state index in [0.29, 0.717) is 34.7 Å². The van der Waals surface area contributed by atoms with Gasteiger partial charge in [-0.05, 0) is 30.8 Å². The molecule has 0 saturated carbocycles. The number of benzene rings is 2. The molecule has 106 valence electrons. The second-order valence-corrected chi connectivity index (χ2v) is 5.09. The lowest BCUT2D eigenvalue weighted by Gasteiger charge is -2.13. The fourth-order valence-electron chi connectivity index (χ4n) is 2.36. The first kappa shape index (κ1) is 13.8. The van der Waals surface area contributed by atoms with Crippen molar-refractivity contribution in [1.29, 1.82) is 0 Å². The first-order valence-electron chi connectivity index (χ1n) is 6.68. The second-order valence-electron chi connectivity index (χ2n) is 4.68. The summed E-state index contributed by atoms with van der Waals surface area (Å²) in [6.07, 6.45) is 0.505. The van der Waals surface area contributed by atoms with E-state index >= 15 is 0 Å². The number of para-hydroxylation sites is 2. The van der Waals surface area contributed by atoms with Gasteiger partial charge in [-0.3, -0.25) is 9.36 Å². The van der Waals surface area contributed by atoms with Crippen LogP contribution in [0, 0.1) is 0 Å². The van der Waals surface area contributed by atoms with Crippen molar-refractivity contribution in [3.05, 3.63) is 69.7 Å². The summed E-state index contributed by atoms with van der Waals surface area (Å²) < 4.78 is 1.60. The van der Waals surface area contributed by atoms with Gasteiger partial charge >= 0.3 is 0 Å². The van der Waals surface area contributed by atoms with E-state index in [0.717, 1.165) is 5.69 Å². The predicted octanol–water partition coefficient (Wildman–Crippen LogP) is 2.54. The molecule has 0 atom stereocenters. The number of nitrogens with zero attached hydrogens (tertiary/aromatic N) is 2. The van der Waals surface area contributed by atoms with Crippen LogP contribution in [0.5, 0.6) is 0 Å². The smallest absolute Gasteiger partial charge is 0.266 e. The standard InChI is InChI=1S/C16H14ClN3O/c17-13-8-4-7-12-15(13)19-14(9-10-18)20(16(12)21)11-5-2-1-3-6-11/h1-8H,9-10,18H2. The normalized spacial score (nSPS) is 11.0. The summed E-state index contributed by atoms with van der Waals surface area (Å²) in [5, 5.41) is 0.982. The quantitative estimate of drug-likeness (QED) is 0.808. The molecule has 3 aromatic rings. The van der Waals surface area contributed by atoms with E-state index in [9.17, 15) is 4.79 Å². The lowest BCUT2D eigenvalue weighted by molar-refractivity contribution is 0.796. The number of hydrogen-bond acceptors (Lipinski definition) is 3. The van der Waals surface area contributed by atoms with E-state index in [1.54, 1.807) is 22.8 Å². The Kier molecular flexibility index (Phi) is 3.73. The Labute approximate surface area is 126 Å². The highest BCUT2D eigenvalue weighted by atomic mass is 35.5. The topological polar surface area (TPSA) is 60.9 Å². The van der Waals surface area contributed by atoms with Gasteiger partial charge in [0.2, 0.25) is 0 Å². The molecule has 3 rings (SSSR count). The summed E-state index contributed by atoms with van der Waals surface area (Å²) in [5.41, 5.74) is 6.83. The number of halogens is 1. The summed E-state index contributed by atoms with van der Waals surface area (Å²) in [6, 6.07) is 14.6. The summed E-state index contributed by atoms with van der Waals surface area (Å²) >= 11 is 6.16. The van der Waals surface area contributed by atoms with E-state index in [1.807, 2.05) is 30.3 Å². The van der Waals surface area contributed by atoms with Crippen LogP contribution in [0.3, 0.4) is 0 Å². The summed E-state index contributed by atoms with van der Waals surface area (Å²) in [7, 11) is 0. The van der Waals surface area contributed by atoms with Crippen molar-refractivity contribution in [2.75, 3.05) is 6.54 Å². The molecular weight excluding hydrogens is 286 g/mol. The first-order valence-corrected chi connectivity index (χ1v) is 7.06. The lowest BCUT2D eigenvalue weighted by atomic mass is 10.2. The summed E-state index contributed by atoms with van der Waals surface area (Å²) in [6.45, 7) is 0.412. The molecule has 2 N–H and O–H groups in total. The molecule has 0 spiro atoms. The number of rotatable bonds is 3. The van der Waals surface area contributed by atoms with Gasteiger partial charge in [-0.1, -0.05) is 35.9 Å². The first-order chi connectivity index (χ1) is 10.2. The minimum absolute atomic E-state index is 0.128. The van der Waals surface area contributed by atoms with E-state index in [2.05, 4.69) is 4.98 Å². The molecule has 21 heavy (non-hydrogen) atoms. The zero-order chi connectivity index (χ0) is 14.8. The van der Waals surface area contributed by atoms with Gasteiger partial charge in [0.25, 0.3) is 5.56 Å². The molecule has 2 aromatic carbocycles. The molecule has 1 heterocycles. The Hall–Kier alpha value is -2.17. The van der Waals surface area contributed by atoms with Crippen LogP contribution in [0.4, 0.5) is 0 Å². The average Bonchev–Trinajstić information content (AvgIpc) is 2.50. The van der Waals surface area contributed by atoms with Crippen LogP contribution in [0.1, 0.15) is 5.82 Å². The molecule has 0 amide bonds. The monoisotopic (exact) mass is 299 g/mol. The Balaban J connectivity index is 2.40. The second kappa shape index (κ2) is 5.68. The van der Waals surface area contributed by atoms with E-state index in [-0.39, 0.29) is 5.56 Å². The van der Waals surface area contributed by atoms with Gasteiger partial charge in [-0.2, -0.15) is 0 Å². The van der Waals surface area contributed by atoms with Crippen LogP contribution >= 0.6 is 11.6 Å². The molecule has 0 aliphatic rings. The van der Waals surface area contributed by atoms with Gasteiger partial charge in [-0.25, -0.2) is 4.98 Å². The minimum atomic E-state index is -0.128. The van der Waals surface area contributed by atoms with Crippen LogP contribution in [-0.4, -0.2) is 16.1 Å². The van der Waals surface area contributed by atoms with Crippen molar-refractivity contribution in [1.82, 2.24) is 9.55 Å². The third-order valence-electron chi connectivity index (χ3n) is 3.30. The maximum atomic E-state index is 12.8. The predicted molar refractivity (Wildman–Crippen MR) is 85.1 cm³/mol. The highest BCUT2D eigenvalue weighted by molar-refractivity contribution is 6.34. The zero-order valence-corrected chi connectivity index (χ0v) is 12.0. The van der Waals surface area contributed by atoms with Gasteiger partial charge < -0.3 is 5.73 Å². The molecule has 0 unspecified atom stereocenters. The zero-order valence-electron chi connectivity index (χ0n) is 11.3.